The van der Waals surface area contributed by atoms with Crippen LogP contribution in [0, 0.1) is 5.41 Å². The second-order valence-corrected chi connectivity index (χ2v) is 7.81. The van der Waals surface area contributed by atoms with Gasteiger partial charge in [0.05, 0.1) is 6.54 Å². The Hall–Kier alpha value is -1.01. The zero-order valence-corrected chi connectivity index (χ0v) is 17.4. The molecular formula is C19H32Cl2N4O. The van der Waals surface area contributed by atoms with Gasteiger partial charge in [0, 0.05) is 44.5 Å². The van der Waals surface area contributed by atoms with Crippen molar-refractivity contribution in [3.05, 3.63) is 29.8 Å². The first-order valence-corrected chi connectivity index (χ1v) is 9.03. The molecule has 26 heavy (non-hydrogen) atoms. The number of rotatable bonds is 5. The number of nitrogens with one attached hydrogen (secondary N) is 1. The molecule has 1 unspecified atom stereocenters. The number of likely N-dealkylation sites (tertiary alicyclic amines) is 1. The Balaban J connectivity index is 0.00000169. The number of nitrogens with zero attached hydrogens (tertiary/aromatic N) is 2. The number of fused-ring (bicyclic) bond motifs is 1. The fourth-order valence-corrected chi connectivity index (χ4v) is 3.85. The molecule has 2 aliphatic heterocycles. The molecule has 0 aromatic heterocycles. The Morgan fingerprint density at radius 3 is 2.73 bits per heavy atom. The molecule has 1 aromatic carbocycles. The maximum absolute atomic E-state index is 12.2. The SMILES string of the molecule is CC1(C)CN(CC(=O)NCCN2CCc3ccccc32)CCC1N.Cl.Cl. The lowest BCUT2D eigenvalue weighted by Gasteiger charge is -2.42. The highest BCUT2D eigenvalue weighted by Crippen LogP contribution is 2.28. The number of piperidine rings is 1. The Bertz CT molecular complexity index is 597. The molecule has 2 aliphatic rings. The van der Waals surface area contributed by atoms with Gasteiger partial charge in [-0.15, -0.1) is 24.8 Å². The van der Waals surface area contributed by atoms with Gasteiger partial charge < -0.3 is 16.0 Å². The van der Waals surface area contributed by atoms with Gasteiger partial charge in [-0.2, -0.15) is 0 Å². The predicted molar refractivity (Wildman–Crippen MR) is 113 cm³/mol. The topological polar surface area (TPSA) is 61.6 Å². The van der Waals surface area contributed by atoms with Crippen LogP contribution in [0.15, 0.2) is 24.3 Å². The van der Waals surface area contributed by atoms with Crippen molar-refractivity contribution in [2.45, 2.75) is 32.7 Å². The number of carbonyl (C=O) groups excluding carboxylic acids is 1. The van der Waals surface area contributed by atoms with E-state index >= 15 is 0 Å². The van der Waals surface area contributed by atoms with E-state index in [9.17, 15) is 4.79 Å². The molecule has 1 saturated heterocycles. The maximum atomic E-state index is 12.2. The average Bonchev–Trinajstić information content (AvgIpc) is 2.94. The Kier molecular flexibility index (Phi) is 8.67. The second-order valence-electron chi connectivity index (χ2n) is 7.81. The zero-order chi connectivity index (χ0) is 17.2. The molecule has 3 N–H and O–H groups in total. The fourth-order valence-electron chi connectivity index (χ4n) is 3.85. The summed E-state index contributed by atoms with van der Waals surface area (Å²) in [6.07, 6.45) is 2.07. The first-order chi connectivity index (χ1) is 11.5. The molecule has 0 radical (unpaired) electrons. The summed E-state index contributed by atoms with van der Waals surface area (Å²) in [6.45, 7) is 9.28. The van der Waals surface area contributed by atoms with Crippen molar-refractivity contribution < 1.29 is 4.79 Å². The quantitative estimate of drug-likeness (QED) is 0.790. The smallest absolute Gasteiger partial charge is 0.234 e. The summed E-state index contributed by atoms with van der Waals surface area (Å²) in [5.74, 6) is 0.119. The molecule has 2 heterocycles. The number of halogens is 2. The molecule has 1 atom stereocenters. The van der Waals surface area contributed by atoms with Crippen molar-refractivity contribution in [3.63, 3.8) is 0 Å². The Labute approximate surface area is 169 Å². The van der Waals surface area contributed by atoms with Crippen molar-refractivity contribution in [2.24, 2.45) is 11.1 Å². The van der Waals surface area contributed by atoms with Crippen molar-refractivity contribution in [1.29, 1.82) is 0 Å². The van der Waals surface area contributed by atoms with Crippen molar-refractivity contribution in [1.82, 2.24) is 10.2 Å². The minimum Gasteiger partial charge on any atom is -0.369 e. The summed E-state index contributed by atoms with van der Waals surface area (Å²) >= 11 is 0. The molecule has 1 amide bonds. The van der Waals surface area contributed by atoms with E-state index in [-0.39, 0.29) is 42.2 Å². The van der Waals surface area contributed by atoms with Gasteiger partial charge in [0.2, 0.25) is 5.91 Å². The summed E-state index contributed by atoms with van der Waals surface area (Å²) < 4.78 is 0. The third-order valence-corrected chi connectivity index (χ3v) is 5.45. The van der Waals surface area contributed by atoms with Gasteiger partial charge in [-0.1, -0.05) is 32.0 Å². The number of hydrogen-bond acceptors (Lipinski definition) is 4. The first kappa shape index (κ1) is 23.0. The van der Waals surface area contributed by atoms with E-state index < -0.39 is 0 Å². The highest BCUT2D eigenvalue weighted by Gasteiger charge is 2.33. The van der Waals surface area contributed by atoms with Gasteiger partial charge >= 0.3 is 0 Å². The number of amides is 1. The summed E-state index contributed by atoms with van der Waals surface area (Å²) in [6, 6.07) is 8.77. The summed E-state index contributed by atoms with van der Waals surface area (Å²) in [5, 5.41) is 3.07. The van der Waals surface area contributed by atoms with Crippen molar-refractivity contribution in [3.8, 4) is 0 Å². The number of benzene rings is 1. The van der Waals surface area contributed by atoms with Gasteiger partial charge in [-0.05, 0) is 29.9 Å². The standard InChI is InChI=1S/C19H30N4O.2ClH/c1-19(2)14-22(10-8-17(19)20)13-18(24)21-9-12-23-11-7-15-5-3-4-6-16(15)23;;/h3-6,17H,7-14,20H2,1-2H3,(H,21,24);2*1H. The monoisotopic (exact) mass is 402 g/mol. The van der Waals surface area contributed by atoms with E-state index in [0.29, 0.717) is 13.1 Å². The Morgan fingerprint density at radius 1 is 1.27 bits per heavy atom. The third-order valence-electron chi connectivity index (χ3n) is 5.45. The fraction of sp³-hybridized carbons (Fsp3) is 0.632. The van der Waals surface area contributed by atoms with Crippen LogP contribution in [0.4, 0.5) is 5.69 Å². The molecule has 7 heteroatoms. The van der Waals surface area contributed by atoms with Crippen LogP contribution in [0.2, 0.25) is 0 Å². The molecule has 0 bridgehead atoms. The molecule has 0 saturated carbocycles. The third kappa shape index (κ3) is 5.49. The van der Waals surface area contributed by atoms with Crippen molar-refractivity contribution in [2.75, 3.05) is 44.2 Å². The van der Waals surface area contributed by atoms with E-state index in [4.69, 9.17) is 5.73 Å². The van der Waals surface area contributed by atoms with Crippen LogP contribution in [0.1, 0.15) is 25.8 Å². The molecule has 5 nitrogen and oxygen atoms in total. The first-order valence-electron chi connectivity index (χ1n) is 9.03. The van der Waals surface area contributed by atoms with E-state index in [1.807, 2.05) is 0 Å². The van der Waals surface area contributed by atoms with E-state index in [2.05, 4.69) is 53.2 Å². The minimum absolute atomic E-state index is 0. The van der Waals surface area contributed by atoms with E-state index in [1.165, 1.54) is 11.3 Å². The lowest BCUT2D eigenvalue weighted by molar-refractivity contribution is -0.123. The number of anilines is 1. The Morgan fingerprint density at radius 2 is 2.00 bits per heavy atom. The molecular weight excluding hydrogens is 371 g/mol. The molecule has 148 valence electrons. The normalized spacial score (nSPS) is 21.3. The number of carbonyl (C=O) groups is 1. The molecule has 0 aliphatic carbocycles. The molecule has 0 spiro atoms. The maximum Gasteiger partial charge on any atom is 0.234 e. The minimum atomic E-state index is 0. The van der Waals surface area contributed by atoms with Crippen LogP contribution < -0.4 is 16.0 Å². The van der Waals surface area contributed by atoms with Crippen LogP contribution in [0.3, 0.4) is 0 Å². The number of hydrogen-bond donors (Lipinski definition) is 2. The van der Waals surface area contributed by atoms with Gasteiger partial charge in [0.15, 0.2) is 0 Å². The van der Waals surface area contributed by atoms with Crippen LogP contribution in [-0.2, 0) is 11.2 Å². The van der Waals surface area contributed by atoms with Crippen LogP contribution in [0.5, 0.6) is 0 Å². The summed E-state index contributed by atoms with van der Waals surface area (Å²) in [5.41, 5.74) is 8.97. The van der Waals surface area contributed by atoms with Gasteiger partial charge in [0.1, 0.15) is 0 Å². The van der Waals surface area contributed by atoms with Crippen LogP contribution >= 0.6 is 24.8 Å². The summed E-state index contributed by atoms with van der Waals surface area (Å²) in [7, 11) is 0. The molecule has 1 aromatic rings. The van der Waals surface area contributed by atoms with Crippen LogP contribution in [-0.4, -0.2) is 56.1 Å². The highest BCUT2D eigenvalue weighted by molar-refractivity contribution is 5.85. The van der Waals surface area contributed by atoms with Gasteiger partial charge in [0.25, 0.3) is 0 Å². The van der Waals surface area contributed by atoms with E-state index in [1.54, 1.807) is 0 Å². The largest absolute Gasteiger partial charge is 0.369 e. The number of para-hydroxylation sites is 1. The predicted octanol–water partition coefficient (Wildman–Crippen LogP) is 2.07. The van der Waals surface area contributed by atoms with Crippen molar-refractivity contribution >= 4 is 36.4 Å². The number of nitrogens with two attached hydrogens (primary N) is 1. The zero-order valence-electron chi connectivity index (χ0n) is 15.7. The lowest BCUT2D eigenvalue weighted by atomic mass is 9.80. The van der Waals surface area contributed by atoms with Gasteiger partial charge in [-0.3, -0.25) is 9.69 Å². The highest BCUT2D eigenvalue weighted by atomic mass is 35.5. The lowest BCUT2D eigenvalue weighted by Crippen LogP contribution is -2.54. The molecule has 3 rings (SSSR count). The average molecular weight is 403 g/mol. The second kappa shape index (κ2) is 9.79. The summed E-state index contributed by atoms with van der Waals surface area (Å²) in [4.78, 5) is 16.8. The molecule has 1 fully saturated rings. The van der Waals surface area contributed by atoms with E-state index in [0.717, 1.165) is 39.0 Å². The van der Waals surface area contributed by atoms with Crippen LogP contribution in [0.25, 0.3) is 0 Å². The van der Waals surface area contributed by atoms with Gasteiger partial charge in [-0.25, -0.2) is 0 Å².